The number of carbonyl (C=O) groups excluding carboxylic acids is 1. The number of rotatable bonds is 9. The minimum Gasteiger partial charge on any atom is -0.491 e. The van der Waals surface area contributed by atoms with Crippen LogP contribution in [0.2, 0.25) is 5.02 Å². The molecule has 0 fully saturated rings. The molecule has 0 unspecified atom stereocenters. The first-order chi connectivity index (χ1) is 14.1. The van der Waals surface area contributed by atoms with Crippen LogP contribution in [0.5, 0.6) is 11.5 Å². The molecule has 150 valence electrons. The van der Waals surface area contributed by atoms with Gasteiger partial charge < -0.3 is 14.8 Å². The summed E-state index contributed by atoms with van der Waals surface area (Å²) >= 11 is 9.44. The van der Waals surface area contributed by atoms with E-state index in [1.807, 2.05) is 36.4 Å². The zero-order valence-corrected chi connectivity index (χ0v) is 18.1. The van der Waals surface area contributed by atoms with Crippen molar-refractivity contribution in [1.29, 1.82) is 0 Å². The molecule has 0 aliphatic carbocycles. The standard InChI is InChI=1S/C23H21BrClNO3/c24-18-12-13-21(19(25)15-18)29-16-23(27)26-20-10-4-5-11-22(20)28-14-6-9-17-7-2-1-3-8-17/h1-5,7-8,10-13,15H,6,9,14,16H2,(H,26,27). The number of carbonyl (C=O) groups is 1. The van der Waals surface area contributed by atoms with E-state index in [1.54, 1.807) is 24.3 Å². The number of para-hydroxylation sites is 2. The minimum atomic E-state index is -0.288. The van der Waals surface area contributed by atoms with E-state index in [1.165, 1.54) is 5.56 Å². The Hall–Kier alpha value is -2.50. The van der Waals surface area contributed by atoms with Gasteiger partial charge >= 0.3 is 0 Å². The number of hydrogen-bond acceptors (Lipinski definition) is 3. The first-order valence-electron chi connectivity index (χ1n) is 9.25. The summed E-state index contributed by atoms with van der Waals surface area (Å²) in [4.78, 5) is 12.3. The van der Waals surface area contributed by atoms with Crippen molar-refractivity contribution in [3.05, 3.63) is 87.9 Å². The van der Waals surface area contributed by atoms with Crippen LogP contribution in [0.4, 0.5) is 5.69 Å². The van der Waals surface area contributed by atoms with Gasteiger partial charge in [0.25, 0.3) is 5.91 Å². The van der Waals surface area contributed by atoms with Crippen LogP contribution >= 0.6 is 27.5 Å². The van der Waals surface area contributed by atoms with Crippen molar-refractivity contribution in [3.63, 3.8) is 0 Å². The van der Waals surface area contributed by atoms with Crippen LogP contribution < -0.4 is 14.8 Å². The van der Waals surface area contributed by atoms with E-state index in [2.05, 4.69) is 33.4 Å². The lowest BCUT2D eigenvalue weighted by Gasteiger charge is -2.13. The Balaban J connectivity index is 1.49. The number of benzene rings is 3. The fraction of sp³-hybridized carbons (Fsp3) is 0.174. The molecule has 29 heavy (non-hydrogen) atoms. The van der Waals surface area contributed by atoms with Crippen molar-refractivity contribution in [2.24, 2.45) is 0 Å². The second kappa shape index (κ2) is 10.9. The lowest BCUT2D eigenvalue weighted by molar-refractivity contribution is -0.118. The highest BCUT2D eigenvalue weighted by Gasteiger charge is 2.10. The molecule has 0 atom stereocenters. The van der Waals surface area contributed by atoms with Crippen LogP contribution in [0.15, 0.2) is 77.3 Å². The lowest BCUT2D eigenvalue weighted by atomic mass is 10.1. The van der Waals surface area contributed by atoms with Crippen molar-refractivity contribution in [2.45, 2.75) is 12.8 Å². The Morgan fingerprint density at radius 1 is 0.931 bits per heavy atom. The summed E-state index contributed by atoms with van der Waals surface area (Å²) in [6.45, 7) is 0.413. The summed E-state index contributed by atoms with van der Waals surface area (Å²) in [5.74, 6) is 0.801. The van der Waals surface area contributed by atoms with Crippen LogP contribution in [0.3, 0.4) is 0 Å². The number of nitrogens with one attached hydrogen (secondary N) is 1. The Morgan fingerprint density at radius 3 is 2.48 bits per heavy atom. The zero-order valence-electron chi connectivity index (χ0n) is 15.7. The Kier molecular flexibility index (Phi) is 7.96. The van der Waals surface area contributed by atoms with E-state index in [4.69, 9.17) is 21.1 Å². The van der Waals surface area contributed by atoms with E-state index in [-0.39, 0.29) is 12.5 Å². The molecule has 0 saturated heterocycles. The summed E-state index contributed by atoms with van der Waals surface area (Å²) < 4.78 is 12.2. The predicted octanol–water partition coefficient (Wildman–Crippen LogP) is 6.13. The van der Waals surface area contributed by atoms with Crippen LogP contribution in [0.25, 0.3) is 0 Å². The smallest absolute Gasteiger partial charge is 0.262 e. The predicted molar refractivity (Wildman–Crippen MR) is 120 cm³/mol. The van der Waals surface area contributed by atoms with Gasteiger partial charge in [0.15, 0.2) is 6.61 Å². The van der Waals surface area contributed by atoms with Gasteiger partial charge in [-0.2, -0.15) is 0 Å². The zero-order chi connectivity index (χ0) is 20.5. The third kappa shape index (κ3) is 6.80. The molecule has 1 N–H and O–H groups in total. The number of aryl methyl sites for hydroxylation is 1. The third-order valence-corrected chi connectivity index (χ3v) is 4.91. The SMILES string of the molecule is O=C(COc1ccc(Br)cc1Cl)Nc1ccccc1OCCCc1ccccc1. The molecule has 3 aromatic carbocycles. The molecule has 0 aliphatic rings. The highest BCUT2D eigenvalue weighted by Crippen LogP contribution is 2.28. The van der Waals surface area contributed by atoms with Crippen molar-refractivity contribution in [1.82, 2.24) is 0 Å². The summed E-state index contributed by atoms with van der Waals surface area (Å²) in [7, 11) is 0. The third-order valence-electron chi connectivity index (χ3n) is 4.12. The molecule has 0 heterocycles. The largest absolute Gasteiger partial charge is 0.491 e. The van der Waals surface area contributed by atoms with Gasteiger partial charge in [-0.25, -0.2) is 0 Å². The van der Waals surface area contributed by atoms with Crippen molar-refractivity contribution in [3.8, 4) is 11.5 Å². The number of anilines is 1. The van der Waals surface area contributed by atoms with Crippen LogP contribution in [-0.4, -0.2) is 19.1 Å². The van der Waals surface area contributed by atoms with Crippen molar-refractivity contribution < 1.29 is 14.3 Å². The Labute approximate surface area is 183 Å². The molecule has 3 aromatic rings. The normalized spacial score (nSPS) is 10.4. The Morgan fingerprint density at radius 2 is 1.69 bits per heavy atom. The highest BCUT2D eigenvalue weighted by molar-refractivity contribution is 9.10. The molecule has 0 bridgehead atoms. The topological polar surface area (TPSA) is 47.6 Å². The summed E-state index contributed by atoms with van der Waals surface area (Å²) in [5.41, 5.74) is 1.89. The second-order valence-corrected chi connectivity index (χ2v) is 7.67. The maximum atomic E-state index is 12.3. The minimum absolute atomic E-state index is 0.149. The fourth-order valence-electron chi connectivity index (χ4n) is 2.72. The van der Waals surface area contributed by atoms with Gasteiger partial charge in [-0.15, -0.1) is 0 Å². The molecule has 1 amide bonds. The second-order valence-electron chi connectivity index (χ2n) is 6.35. The quantitative estimate of drug-likeness (QED) is 0.379. The molecule has 0 aliphatic heterocycles. The number of halogens is 2. The first-order valence-corrected chi connectivity index (χ1v) is 10.4. The van der Waals surface area contributed by atoms with E-state index < -0.39 is 0 Å². The van der Waals surface area contributed by atoms with Crippen LogP contribution in [-0.2, 0) is 11.2 Å². The molecule has 0 radical (unpaired) electrons. The molecular weight excluding hydrogens is 454 g/mol. The van der Waals surface area contributed by atoms with Gasteiger partial charge in [0, 0.05) is 4.47 Å². The molecule has 0 saturated carbocycles. The number of hydrogen-bond donors (Lipinski definition) is 1. The molecule has 6 heteroatoms. The maximum absolute atomic E-state index is 12.3. The molecule has 0 aromatic heterocycles. The van der Waals surface area contributed by atoms with Gasteiger partial charge in [-0.1, -0.05) is 70.0 Å². The maximum Gasteiger partial charge on any atom is 0.262 e. The monoisotopic (exact) mass is 473 g/mol. The van der Waals surface area contributed by atoms with Crippen molar-refractivity contribution >= 4 is 39.1 Å². The highest BCUT2D eigenvalue weighted by atomic mass is 79.9. The van der Waals surface area contributed by atoms with Gasteiger partial charge in [0.2, 0.25) is 0 Å². The van der Waals surface area contributed by atoms with E-state index >= 15 is 0 Å². The molecule has 4 nitrogen and oxygen atoms in total. The fourth-order valence-corrected chi connectivity index (χ4v) is 3.45. The van der Waals surface area contributed by atoms with Gasteiger partial charge in [0.1, 0.15) is 11.5 Å². The molecule has 3 rings (SSSR count). The molecular formula is C23H21BrClNO3. The van der Waals surface area contributed by atoms with E-state index in [9.17, 15) is 4.79 Å². The van der Waals surface area contributed by atoms with E-state index in [0.717, 1.165) is 17.3 Å². The van der Waals surface area contributed by atoms with E-state index in [0.29, 0.717) is 28.8 Å². The Bertz CT molecular complexity index is 950. The van der Waals surface area contributed by atoms with Gasteiger partial charge in [-0.05, 0) is 48.7 Å². The number of amides is 1. The van der Waals surface area contributed by atoms with Crippen molar-refractivity contribution in [2.75, 3.05) is 18.5 Å². The summed E-state index contributed by atoms with van der Waals surface area (Å²) in [5, 5.41) is 3.27. The molecule has 0 spiro atoms. The first kappa shape index (κ1) is 21.2. The average molecular weight is 475 g/mol. The number of ether oxygens (including phenoxy) is 2. The van der Waals surface area contributed by atoms with Crippen LogP contribution in [0.1, 0.15) is 12.0 Å². The van der Waals surface area contributed by atoms with Gasteiger partial charge in [0.05, 0.1) is 17.3 Å². The average Bonchev–Trinajstić information content (AvgIpc) is 2.72. The van der Waals surface area contributed by atoms with Crippen LogP contribution in [0, 0.1) is 0 Å². The summed E-state index contributed by atoms with van der Waals surface area (Å²) in [6.07, 6.45) is 1.83. The summed E-state index contributed by atoms with van der Waals surface area (Å²) in [6, 6.07) is 22.9. The van der Waals surface area contributed by atoms with Gasteiger partial charge in [-0.3, -0.25) is 4.79 Å². The lowest BCUT2D eigenvalue weighted by Crippen LogP contribution is -2.20.